The van der Waals surface area contributed by atoms with Crippen LogP contribution in [0.25, 0.3) is 0 Å². The van der Waals surface area contributed by atoms with Gasteiger partial charge in [-0.05, 0) is 47.4 Å². The maximum absolute atomic E-state index is 12.7. The average molecular weight is 445 g/mol. The van der Waals surface area contributed by atoms with Crippen molar-refractivity contribution in [2.45, 2.75) is 26.2 Å². The van der Waals surface area contributed by atoms with Gasteiger partial charge in [0.15, 0.2) is 6.61 Å². The third-order valence-corrected chi connectivity index (χ3v) is 5.50. The highest BCUT2D eigenvalue weighted by atomic mass is 16.5. The van der Waals surface area contributed by atoms with Gasteiger partial charge < -0.3 is 19.7 Å². The van der Waals surface area contributed by atoms with Gasteiger partial charge in [-0.3, -0.25) is 9.59 Å². The zero-order chi connectivity index (χ0) is 23.4. The topological polar surface area (TPSA) is 67.9 Å². The van der Waals surface area contributed by atoms with Crippen LogP contribution in [0.1, 0.15) is 36.7 Å². The monoisotopic (exact) mass is 444 g/mol. The number of anilines is 2. The van der Waals surface area contributed by atoms with Crippen LogP contribution in [0.5, 0.6) is 11.5 Å². The molecular formula is C27H28N2O4. The van der Waals surface area contributed by atoms with E-state index in [1.165, 1.54) is 5.56 Å². The highest BCUT2D eigenvalue weighted by Crippen LogP contribution is 2.34. The number of amides is 2. The fourth-order valence-electron chi connectivity index (χ4n) is 3.62. The van der Waals surface area contributed by atoms with E-state index in [2.05, 4.69) is 26.1 Å². The quantitative estimate of drug-likeness (QED) is 0.578. The lowest BCUT2D eigenvalue weighted by Gasteiger charge is -2.29. The van der Waals surface area contributed by atoms with Crippen molar-refractivity contribution in [1.29, 1.82) is 0 Å². The number of benzene rings is 3. The van der Waals surface area contributed by atoms with Crippen LogP contribution < -0.4 is 19.7 Å². The van der Waals surface area contributed by atoms with Gasteiger partial charge in [0.25, 0.3) is 11.8 Å². The molecule has 1 aliphatic rings. The van der Waals surface area contributed by atoms with Crippen molar-refractivity contribution >= 4 is 23.2 Å². The number of para-hydroxylation sites is 1. The van der Waals surface area contributed by atoms with Crippen LogP contribution in [0.3, 0.4) is 0 Å². The second-order valence-corrected chi connectivity index (χ2v) is 8.96. The van der Waals surface area contributed by atoms with Gasteiger partial charge in [-0.25, -0.2) is 0 Å². The maximum Gasteiger partial charge on any atom is 0.265 e. The third kappa shape index (κ3) is 5.34. The third-order valence-electron chi connectivity index (χ3n) is 5.50. The zero-order valence-corrected chi connectivity index (χ0v) is 19.1. The molecule has 1 aliphatic heterocycles. The van der Waals surface area contributed by atoms with Gasteiger partial charge in [-0.1, -0.05) is 51.1 Å². The summed E-state index contributed by atoms with van der Waals surface area (Å²) in [4.78, 5) is 26.8. The first-order chi connectivity index (χ1) is 15.8. The second kappa shape index (κ2) is 9.36. The Balaban J connectivity index is 1.43. The van der Waals surface area contributed by atoms with Gasteiger partial charge in [0, 0.05) is 17.3 Å². The molecule has 1 N–H and O–H groups in total. The predicted octanol–water partition coefficient (Wildman–Crippen LogP) is 5.04. The summed E-state index contributed by atoms with van der Waals surface area (Å²) < 4.78 is 11.4. The number of fused-ring (bicyclic) bond motifs is 1. The summed E-state index contributed by atoms with van der Waals surface area (Å²) in [6.07, 6.45) is 0. The van der Waals surface area contributed by atoms with Crippen LogP contribution in [0.4, 0.5) is 11.4 Å². The summed E-state index contributed by atoms with van der Waals surface area (Å²) in [6.45, 7) is 7.11. The van der Waals surface area contributed by atoms with Crippen LogP contribution in [-0.4, -0.2) is 31.6 Å². The summed E-state index contributed by atoms with van der Waals surface area (Å²) in [5.41, 5.74) is 3.04. The summed E-state index contributed by atoms with van der Waals surface area (Å²) in [7, 11) is 0. The molecular weight excluding hydrogens is 416 g/mol. The highest BCUT2D eigenvalue weighted by Gasteiger charge is 2.26. The Bertz CT molecular complexity index is 1140. The van der Waals surface area contributed by atoms with Crippen LogP contribution in [-0.2, 0) is 10.2 Å². The lowest BCUT2D eigenvalue weighted by Crippen LogP contribution is -2.41. The van der Waals surface area contributed by atoms with E-state index in [1.807, 2.05) is 54.6 Å². The fourth-order valence-corrected chi connectivity index (χ4v) is 3.62. The number of rotatable bonds is 6. The zero-order valence-electron chi connectivity index (χ0n) is 19.1. The molecule has 0 unspecified atom stereocenters. The Morgan fingerprint density at radius 3 is 2.45 bits per heavy atom. The van der Waals surface area contributed by atoms with Crippen molar-refractivity contribution in [1.82, 2.24) is 0 Å². The number of carbonyl (C=O) groups excluding carboxylic acids is 2. The molecule has 0 spiro atoms. The van der Waals surface area contributed by atoms with E-state index < -0.39 is 0 Å². The molecule has 4 rings (SSSR count). The standard InChI is InChI=1S/C27H28N2O4/c1-27(2,3)20-11-9-19(10-12-20)26(31)28-21-13-14-23-24(17-21)33-18-25(30)29(23)15-16-32-22-7-5-4-6-8-22/h4-14,17H,15-16,18H2,1-3H3,(H,28,31). The normalized spacial score (nSPS) is 13.2. The first kappa shape index (κ1) is 22.4. The highest BCUT2D eigenvalue weighted by molar-refractivity contribution is 6.05. The second-order valence-electron chi connectivity index (χ2n) is 8.96. The molecule has 33 heavy (non-hydrogen) atoms. The molecule has 0 atom stereocenters. The molecule has 0 aliphatic carbocycles. The van der Waals surface area contributed by atoms with Crippen molar-refractivity contribution in [2.75, 3.05) is 30.0 Å². The fraction of sp³-hybridized carbons (Fsp3) is 0.259. The maximum atomic E-state index is 12.7. The smallest absolute Gasteiger partial charge is 0.265 e. The summed E-state index contributed by atoms with van der Waals surface area (Å²) in [5.74, 6) is 0.979. The number of ether oxygens (including phenoxy) is 2. The van der Waals surface area contributed by atoms with Gasteiger partial charge in [0.2, 0.25) is 0 Å². The van der Waals surface area contributed by atoms with E-state index in [1.54, 1.807) is 23.1 Å². The minimum atomic E-state index is -0.199. The van der Waals surface area contributed by atoms with Crippen LogP contribution >= 0.6 is 0 Å². The lowest BCUT2D eigenvalue weighted by atomic mass is 9.87. The van der Waals surface area contributed by atoms with E-state index >= 15 is 0 Å². The van der Waals surface area contributed by atoms with Crippen LogP contribution in [0.15, 0.2) is 72.8 Å². The average Bonchev–Trinajstić information content (AvgIpc) is 2.81. The van der Waals surface area contributed by atoms with Crippen molar-refractivity contribution < 1.29 is 19.1 Å². The molecule has 2 amide bonds. The first-order valence-corrected chi connectivity index (χ1v) is 11.0. The Morgan fingerprint density at radius 2 is 1.76 bits per heavy atom. The number of hydrogen-bond acceptors (Lipinski definition) is 4. The van der Waals surface area contributed by atoms with E-state index in [0.717, 1.165) is 5.75 Å². The Labute approximate surface area is 194 Å². The summed E-state index contributed by atoms with van der Waals surface area (Å²) in [6, 6.07) is 22.4. The Morgan fingerprint density at radius 1 is 1.03 bits per heavy atom. The molecule has 0 saturated carbocycles. The number of nitrogens with zero attached hydrogens (tertiary/aromatic N) is 1. The van der Waals surface area contributed by atoms with Gasteiger partial charge in [0.05, 0.1) is 12.2 Å². The Kier molecular flexibility index (Phi) is 6.36. The van der Waals surface area contributed by atoms with E-state index in [9.17, 15) is 9.59 Å². The number of hydrogen-bond donors (Lipinski definition) is 1. The SMILES string of the molecule is CC(C)(C)c1ccc(C(=O)Nc2ccc3c(c2)OCC(=O)N3CCOc2ccccc2)cc1. The van der Waals surface area contributed by atoms with Crippen molar-refractivity contribution in [3.8, 4) is 11.5 Å². The van der Waals surface area contributed by atoms with Crippen molar-refractivity contribution in [3.63, 3.8) is 0 Å². The van der Waals surface area contributed by atoms with Gasteiger partial charge in [-0.15, -0.1) is 0 Å². The van der Waals surface area contributed by atoms with Crippen molar-refractivity contribution in [3.05, 3.63) is 83.9 Å². The lowest BCUT2D eigenvalue weighted by molar-refractivity contribution is -0.121. The molecule has 6 nitrogen and oxygen atoms in total. The predicted molar refractivity (Wildman–Crippen MR) is 129 cm³/mol. The van der Waals surface area contributed by atoms with E-state index in [-0.39, 0.29) is 23.8 Å². The molecule has 3 aromatic rings. The van der Waals surface area contributed by atoms with E-state index in [4.69, 9.17) is 9.47 Å². The minimum absolute atomic E-state index is 0.0281. The Hall–Kier alpha value is -3.80. The summed E-state index contributed by atoms with van der Waals surface area (Å²) in [5, 5.41) is 2.91. The molecule has 0 fully saturated rings. The van der Waals surface area contributed by atoms with Gasteiger partial charge >= 0.3 is 0 Å². The molecule has 0 bridgehead atoms. The molecule has 6 heteroatoms. The molecule has 1 heterocycles. The van der Waals surface area contributed by atoms with Crippen LogP contribution in [0, 0.1) is 0 Å². The molecule has 3 aromatic carbocycles. The molecule has 0 radical (unpaired) electrons. The van der Waals surface area contributed by atoms with Gasteiger partial charge in [-0.2, -0.15) is 0 Å². The molecule has 0 saturated heterocycles. The summed E-state index contributed by atoms with van der Waals surface area (Å²) >= 11 is 0. The van der Waals surface area contributed by atoms with Crippen molar-refractivity contribution in [2.24, 2.45) is 0 Å². The number of carbonyl (C=O) groups is 2. The molecule has 170 valence electrons. The minimum Gasteiger partial charge on any atom is -0.492 e. The first-order valence-electron chi connectivity index (χ1n) is 11.0. The van der Waals surface area contributed by atoms with Crippen LogP contribution in [0.2, 0.25) is 0 Å². The largest absolute Gasteiger partial charge is 0.492 e. The van der Waals surface area contributed by atoms with Gasteiger partial charge in [0.1, 0.15) is 18.1 Å². The van der Waals surface area contributed by atoms with E-state index in [0.29, 0.717) is 35.8 Å². The molecule has 0 aromatic heterocycles. The number of nitrogens with one attached hydrogen (secondary N) is 1.